The highest BCUT2D eigenvalue weighted by molar-refractivity contribution is 6.33. The van der Waals surface area contributed by atoms with Crippen molar-refractivity contribution in [2.75, 3.05) is 14.1 Å². The van der Waals surface area contributed by atoms with Crippen molar-refractivity contribution in [2.45, 2.75) is 6.54 Å². The summed E-state index contributed by atoms with van der Waals surface area (Å²) in [6, 6.07) is 7.94. The van der Waals surface area contributed by atoms with Crippen molar-refractivity contribution in [3.8, 4) is 0 Å². The molecule has 0 bridgehead atoms. The fraction of sp³-hybridized carbons (Fsp3) is 0.333. The Morgan fingerprint density at radius 3 is 2.15 bits per heavy atom. The highest BCUT2D eigenvalue weighted by Gasteiger charge is 1.96. The van der Waals surface area contributed by atoms with Gasteiger partial charge in [-0.3, -0.25) is 0 Å². The molecule has 0 aliphatic heterocycles. The van der Waals surface area contributed by atoms with Gasteiger partial charge < -0.3 is 15.9 Å². The van der Waals surface area contributed by atoms with Crippen molar-refractivity contribution in [3.05, 3.63) is 29.8 Å². The Morgan fingerprint density at radius 1 is 1.15 bits per heavy atom. The van der Waals surface area contributed by atoms with E-state index >= 15 is 0 Å². The summed E-state index contributed by atoms with van der Waals surface area (Å²) < 4.78 is 0. The molecule has 0 aliphatic carbocycles. The molecule has 0 atom stereocenters. The molecule has 1 aromatic rings. The van der Waals surface area contributed by atoms with Gasteiger partial charge in [-0.05, 0) is 19.7 Å². The third-order valence-corrected chi connectivity index (χ3v) is 1.54. The Bertz CT molecular complexity index is 241. The first-order chi connectivity index (χ1) is 5.20. The first-order valence-corrected chi connectivity index (χ1v) is 3.68. The number of hydrogen-bond acceptors (Lipinski definition) is 1. The second-order valence-electron chi connectivity index (χ2n) is 2.94. The zero-order valence-electron chi connectivity index (χ0n) is 8.04. The molecule has 0 saturated carbocycles. The molecular weight excluding hydrogens is 165 g/mol. The molecule has 4 heteroatoms. The lowest BCUT2D eigenvalue weighted by molar-refractivity contribution is 0.403. The van der Waals surface area contributed by atoms with E-state index in [0.717, 1.165) is 12.0 Å². The Balaban J connectivity index is 0. The maximum atomic E-state index is 5.74. The van der Waals surface area contributed by atoms with Crippen molar-refractivity contribution < 1.29 is 11.0 Å². The molecule has 2 radical (unpaired) electrons. The second-order valence-corrected chi connectivity index (χ2v) is 2.94. The molecular formula is C9H16BNO2. The van der Waals surface area contributed by atoms with E-state index in [1.807, 2.05) is 32.3 Å². The zero-order chi connectivity index (χ0) is 8.27. The van der Waals surface area contributed by atoms with E-state index in [4.69, 9.17) is 7.85 Å². The summed E-state index contributed by atoms with van der Waals surface area (Å²) in [5, 5.41) is 0. The van der Waals surface area contributed by atoms with Crippen LogP contribution in [-0.4, -0.2) is 37.8 Å². The maximum absolute atomic E-state index is 5.74. The van der Waals surface area contributed by atoms with E-state index in [1.165, 1.54) is 5.56 Å². The van der Waals surface area contributed by atoms with Crippen molar-refractivity contribution >= 4 is 13.3 Å². The molecule has 3 nitrogen and oxygen atoms in total. The van der Waals surface area contributed by atoms with Crippen LogP contribution in [0.2, 0.25) is 0 Å². The Morgan fingerprint density at radius 2 is 1.69 bits per heavy atom. The average Bonchev–Trinajstić information content (AvgIpc) is 1.93. The molecule has 0 amide bonds. The van der Waals surface area contributed by atoms with Crippen molar-refractivity contribution in [1.29, 1.82) is 0 Å². The molecule has 13 heavy (non-hydrogen) atoms. The molecule has 0 heterocycles. The van der Waals surface area contributed by atoms with Gasteiger partial charge in [-0.2, -0.15) is 0 Å². The summed E-state index contributed by atoms with van der Waals surface area (Å²) >= 11 is 0. The van der Waals surface area contributed by atoms with Gasteiger partial charge >= 0.3 is 0 Å². The summed E-state index contributed by atoms with van der Waals surface area (Å²) in [5.41, 5.74) is 2.07. The summed E-state index contributed by atoms with van der Waals surface area (Å²) in [5.74, 6) is 0. The molecule has 0 saturated heterocycles. The highest BCUT2D eigenvalue weighted by atomic mass is 16.0. The van der Waals surface area contributed by atoms with Crippen LogP contribution in [0, 0.1) is 0 Å². The van der Waals surface area contributed by atoms with Crippen LogP contribution in [0.25, 0.3) is 0 Å². The normalized spacial score (nSPS) is 8.85. The molecule has 0 fully saturated rings. The van der Waals surface area contributed by atoms with Crippen LogP contribution in [0.15, 0.2) is 24.3 Å². The van der Waals surface area contributed by atoms with E-state index in [9.17, 15) is 0 Å². The number of nitrogens with zero attached hydrogens (tertiary/aromatic N) is 1. The molecule has 1 rings (SSSR count). The SMILES string of the molecule is O.O.[B]c1ccccc1CN(C)C. The lowest BCUT2D eigenvalue weighted by Crippen LogP contribution is -2.18. The van der Waals surface area contributed by atoms with E-state index < -0.39 is 0 Å². The first-order valence-electron chi connectivity index (χ1n) is 3.68. The predicted molar refractivity (Wildman–Crippen MR) is 56.4 cm³/mol. The minimum atomic E-state index is 0. The van der Waals surface area contributed by atoms with Crippen LogP contribution in [-0.2, 0) is 6.54 Å². The third-order valence-electron chi connectivity index (χ3n) is 1.54. The van der Waals surface area contributed by atoms with E-state index in [2.05, 4.69) is 11.0 Å². The van der Waals surface area contributed by atoms with Gasteiger partial charge in [-0.25, -0.2) is 0 Å². The fourth-order valence-electron chi connectivity index (χ4n) is 1.02. The predicted octanol–water partition coefficient (Wildman–Crippen LogP) is -1.11. The highest BCUT2D eigenvalue weighted by Crippen LogP contribution is 1.96. The van der Waals surface area contributed by atoms with E-state index in [1.54, 1.807) is 0 Å². The smallest absolute Gasteiger partial charge is 0.114 e. The van der Waals surface area contributed by atoms with Gasteiger partial charge in [0, 0.05) is 6.54 Å². The van der Waals surface area contributed by atoms with Gasteiger partial charge in [0.05, 0.1) is 0 Å². The first kappa shape index (κ1) is 14.7. The Kier molecular flexibility index (Phi) is 7.51. The Labute approximate surface area is 80.4 Å². The van der Waals surface area contributed by atoms with Crippen molar-refractivity contribution in [3.63, 3.8) is 0 Å². The molecule has 4 N–H and O–H groups in total. The van der Waals surface area contributed by atoms with Gasteiger partial charge in [-0.15, -0.1) is 0 Å². The van der Waals surface area contributed by atoms with Crippen LogP contribution in [0.4, 0.5) is 0 Å². The minimum absolute atomic E-state index is 0. The molecule has 0 unspecified atom stereocenters. The van der Waals surface area contributed by atoms with Crippen LogP contribution in [0.3, 0.4) is 0 Å². The molecule has 0 aliphatic rings. The number of benzene rings is 1. The van der Waals surface area contributed by atoms with Gasteiger partial charge in [-0.1, -0.05) is 29.7 Å². The second kappa shape index (κ2) is 6.66. The van der Waals surface area contributed by atoms with Crippen LogP contribution in [0.5, 0.6) is 0 Å². The molecule has 0 aromatic heterocycles. The standard InChI is InChI=1S/C9H12BN.2H2O/c1-11(2)7-8-5-3-4-6-9(8)10;;/h3-6H,7H2,1-2H3;2*1H2. The van der Waals surface area contributed by atoms with Crippen LogP contribution in [0.1, 0.15) is 5.56 Å². The van der Waals surface area contributed by atoms with E-state index in [0.29, 0.717) is 0 Å². The number of rotatable bonds is 2. The van der Waals surface area contributed by atoms with Gasteiger partial charge in [0.25, 0.3) is 0 Å². The maximum Gasteiger partial charge on any atom is 0.114 e. The summed E-state index contributed by atoms with van der Waals surface area (Å²) in [6.45, 7) is 0.909. The quantitative estimate of drug-likeness (QED) is 0.533. The van der Waals surface area contributed by atoms with Gasteiger partial charge in [0.15, 0.2) is 0 Å². The largest absolute Gasteiger partial charge is 0.412 e. The van der Waals surface area contributed by atoms with Crippen molar-refractivity contribution in [2.24, 2.45) is 0 Å². The monoisotopic (exact) mass is 181 g/mol. The fourth-order valence-corrected chi connectivity index (χ4v) is 1.02. The lowest BCUT2D eigenvalue weighted by Gasteiger charge is -2.11. The van der Waals surface area contributed by atoms with Gasteiger partial charge in [0.2, 0.25) is 0 Å². The molecule has 72 valence electrons. The summed E-state index contributed by atoms with van der Waals surface area (Å²) in [4.78, 5) is 2.10. The minimum Gasteiger partial charge on any atom is -0.412 e. The van der Waals surface area contributed by atoms with E-state index in [-0.39, 0.29) is 11.0 Å². The summed E-state index contributed by atoms with van der Waals surface area (Å²) in [6.07, 6.45) is 0. The van der Waals surface area contributed by atoms with Crippen molar-refractivity contribution in [1.82, 2.24) is 4.90 Å². The molecule has 0 spiro atoms. The topological polar surface area (TPSA) is 66.2 Å². The average molecular weight is 181 g/mol. The number of hydrogen-bond donors (Lipinski definition) is 0. The Hall–Kier alpha value is -0.835. The lowest BCUT2D eigenvalue weighted by atomic mass is 9.90. The third kappa shape index (κ3) is 4.67. The van der Waals surface area contributed by atoms with Crippen LogP contribution < -0.4 is 5.46 Å². The van der Waals surface area contributed by atoms with Crippen LogP contribution >= 0.6 is 0 Å². The summed E-state index contributed by atoms with van der Waals surface area (Å²) in [7, 11) is 9.81. The molecule has 1 aromatic carbocycles. The van der Waals surface area contributed by atoms with Gasteiger partial charge in [0.1, 0.15) is 7.85 Å². The zero-order valence-corrected chi connectivity index (χ0v) is 8.04.